The van der Waals surface area contributed by atoms with Crippen LogP contribution in [0.3, 0.4) is 0 Å². The van der Waals surface area contributed by atoms with E-state index < -0.39 is 11.9 Å². The van der Waals surface area contributed by atoms with Gasteiger partial charge in [0.05, 0.1) is 12.2 Å². The second-order valence-corrected chi connectivity index (χ2v) is 3.01. The van der Waals surface area contributed by atoms with Crippen molar-refractivity contribution in [3.63, 3.8) is 0 Å². The van der Waals surface area contributed by atoms with Crippen LogP contribution in [0.4, 0.5) is 4.39 Å². The minimum absolute atomic E-state index is 0.0539. The van der Waals surface area contributed by atoms with Gasteiger partial charge >= 0.3 is 5.97 Å². The Kier molecular flexibility index (Phi) is 4.82. The number of hydrogen-bond donors (Lipinski definition) is 0. The van der Waals surface area contributed by atoms with Crippen molar-refractivity contribution in [3.05, 3.63) is 29.3 Å². The van der Waals surface area contributed by atoms with Crippen molar-refractivity contribution < 1.29 is 18.7 Å². The Labute approximate surface area is 97.8 Å². The fourth-order valence-corrected chi connectivity index (χ4v) is 1.05. The molecular weight excluding hydrogens is 225 g/mol. The number of nitrogens with zero attached hydrogens (tertiary/aromatic N) is 1. The highest BCUT2D eigenvalue weighted by atomic mass is 19.1. The zero-order valence-electron chi connectivity index (χ0n) is 9.20. The number of halogens is 1. The van der Waals surface area contributed by atoms with E-state index in [4.69, 9.17) is 0 Å². The number of aromatic nitrogens is 1. The molecule has 5 heteroatoms. The summed E-state index contributed by atoms with van der Waals surface area (Å²) in [5.74, 6) is 3.89. The first-order chi connectivity index (χ1) is 8.17. The lowest BCUT2D eigenvalue weighted by Gasteiger charge is -1.95. The fourth-order valence-electron chi connectivity index (χ4n) is 1.05. The van der Waals surface area contributed by atoms with Crippen molar-refractivity contribution in [2.24, 2.45) is 0 Å². The molecule has 0 saturated heterocycles. The van der Waals surface area contributed by atoms with Crippen LogP contribution in [0.5, 0.6) is 0 Å². The molecule has 17 heavy (non-hydrogen) atoms. The zero-order valence-corrected chi connectivity index (χ0v) is 9.20. The summed E-state index contributed by atoms with van der Waals surface area (Å²) in [6.07, 6.45) is 1.50. The van der Waals surface area contributed by atoms with Crippen LogP contribution in [0.1, 0.15) is 29.3 Å². The molecule has 88 valence electrons. The predicted molar refractivity (Wildman–Crippen MR) is 57.7 cm³/mol. The van der Waals surface area contributed by atoms with Crippen LogP contribution in [0, 0.1) is 17.8 Å². The van der Waals surface area contributed by atoms with Gasteiger partial charge in [0, 0.05) is 11.8 Å². The van der Waals surface area contributed by atoms with Gasteiger partial charge in [-0.15, -0.1) is 0 Å². The van der Waals surface area contributed by atoms with E-state index in [0.717, 1.165) is 0 Å². The highest BCUT2D eigenvalue weighted by molar-refractivity contribution is 5.75. The zero-order chi connectivity index (χ0) is 12.7. The molecule has 1 rings (SSSR count). The highest BCUT2D eigenvalue weighted by Gasteiger charge is 2.02. The highest BCUT2D eigenvalue weighted by Crippen LogP contribution is 2.03. The molecule has 0 aliphatic rings. The van der Waals surface area contributed by atoms with Crippen LogP contribution >= 0.6 is 0 Å². The molecule has 0 radical (unpaired) electrons. The van der Waals surface area contributed by atoms with E-state index in [-0.39, 0.29) is 12.0 Å². The molecule has 0 aliphatic carbocycles. The predicted octanol–water partition coefficient (Wildman–Crippen LogP) is 1.34. The van der Waals surface area contributed by atoms with Crippen molar-refractivity contribution in [3.8, 4) is 11.8 Å². The van der Waals surface area contributed by atoms with E-state index in [1.165, 1.54) is 12.3 Å². The molecule has 0 amide bonds. The summed E-state index contributed by atoms with van der Waals surface area (Å²) in [5.41, 5.74) is 0.214. The number of esters is 1. The van der Waals surface area contributed by atoms with Crippen molar-refractivity contribution in [1.29, 1.82) is 0 Å². The van der Waals surface area contributed by atoms with Gasteiger partial charge in [0.25, 0.3) is 0 Å². The van der Waals surface area contributed by atoms with Gasteiger partial charge in [0.2, 0.25) is 5.95 Å². The fraction of sp³-hybridized carbons (Fsp3) is 0.250. The number of pyridine rings is 1. The summed E-state index contributed by atoms with van der Waals surface area (Å²) in [7, 11) is 0. The first-order valence-electron chi connectivity index (χ1n) is 4.92. The van der Waals surface area contributed by atoms with Crippen molar-refractivity contribution in [2.75, 3.05) is 6.61 Å². The summed E-state index contributed by atoms with van der Waals surface area (Å²) < 4.78 is 17.5. The van der Waals surface area contributed by atoms with Crippen molar-refractivity contribution >= 4 is 12.3 Å². The quantitative estimate of drug-likeness (QED) is 0.343. The van der Waals surface area contributed by atoms with Gasteiger partial charge in [-0.25, -0.2) is 4.98 Å². The summed E-state index contributed by atoms with van der Waals surface area (Å²) in [4.78, 5) is 24.8. The van der Waals surface area contributed by atoms with E-state index >= 15 is 0 Å². The van der Waals surface area contributed by atoms with Gasteiger partial charge in [-0.3, -0.25) is 9.59 Å². The molecule has 0 unspecified atom stereocenters. The first-order valence-corrected chi connectivity index (χ1v) is 4.92. The molecule has 0 N–H and O–H groups in total. The molecular formula is C12H10FNO3. The molecule has 1 aromatic rings. The Bertz CT molecular complexity index is 488. The Balaban J connectivity index is 2.72. The Morgan fingerprint density at radius 1 is 1.65 bits per heavy atom. The summed E-state index contributed by atoms with van der Waals surface area (Å²) in [6.45, 7) is 2.00. The molecule has 1 heterocycles. The number of aldehydes is 1. The van der Waals surface area contributed by atoms with Crippen LogP contribution in [0.2, 0.25) is 0 Å². The van der Waals surface area contributed by atoms with Gasteiger partial charge in [0.1, 0.15) is 6.42 Å². The maximum atomic E-state index is 12.9. The largest absolute Gasteiger partial charge is 0.465 e. The number of rotatable bonds is 3. The molecule has 0 aromatic carbocycles. The topological polar surface area (TPSA) is 56.3 Å². The molecule has 0 spiro atoms. The smallest absolute Gasteiger partial charge is 0.317 e. The maximum absolute atomic E-state index is 12.9. The second kappa shape index (κ2) is 6.38. The van der Waals surface area contributed by atoms with Crippen LogP contribution in [-0.2, 0) is 9.53 Å². The van der Waals surface area contributed by atoms with Gasteiger partial charge in [-0.1, -0.05) is 11.8 Å². The number of ether oxygens (including phenoxy) is 1. The summed E-state index contributed by atoms with van der Waals surface area (Å²) in [6, 6.07) is 1.27. The Morgan fingerprint density at radius 3 is 3.06 bits per heavy atom. The minimum atomic E-state index is -0.837. The molecule has 4 nitrogen and oxygen atoms in total. The van der Waals surface area contributed by atoms with Crippen LogP contribution < -0.4 is 0 Å². The van der Waals surface area contributed by atoms with Crippen LogP contribution in [0.15, 0.2) is 12.3 Å². The molecule has 0 bridgehead atoms. The lowest BCUT2D eigenvalue weighted by Crippen LogP contribution is -2.01. The average molecular weight is 235 g/mol. The second-order valence-electron chi connectivity index (χ2n) is 3.01. The number of carbonyl (C=O) groups excluding carboxylic acids is 2. The van der Waals surface area contributed by atoms with Gasteiger partial charge in [-0.05, 0) is 13.0 Å². The molecule has 0 aliphatic heterocycles. The summed E-state index contributed by atoms with van der Waals surface area (Å²) in [5, 5.41) is 0. The van der Waals surface area contributed by atoms with Gasteiger partial charge in [0.15, 0.2) is 6.29 Å². The third-order valence-electron chi connectivity index (χ3n) is 1.76. The number of hydrogen-bond acceptors (Lipinski definition) is 4. The Hall–Kier alpha value is -2.22. The normalized spacial score (nSPS) is 9.06. The third kappa shape index (κ3) is 4.03. The van der Waals surface area contributed by atoms with Crippen molar-refractivity contribution in [2.45, 2.75) is 13.3 Å². The summed E-state index contributed by atoms with van der Waals surface area (Å²) >= 11 is 0. The van der Waals surface area contributed by atoms with Crippen LogP contribution in [-0.4, -0.2) is 23.8 Å². The monoisotopic (exact) mass is 235 g/mol. The lowest BCUT2D eigenvalue weighted by atomic mass is 10.2. The Morgan fingerprint density at radius 2 is 2.41 bits per heavy atom. The van der Waals surface area contributed by atoms with E-state index in [1.807, 2.05) is 0 Å². The minimum Gasteiger partial charge on any atom is -0.465 e. The molecule has 0 saturated carbocycles. The SMILES string of the molecule is CCOC(=O)CC#Cc1cnc(F)c(C=O)c1. The molecule has 0 fully saturated rings. The van der Waals surface area contributed by atoms with Crippen molar-refractivity contribution in [1.82, 2.24) is 4.98 Å². The molecule has 0 atom stereocenters. The average Bonchev–Trinajstić information content (AvgIpc) is 2.31. The van der Waals surface area contributed by atoms with E-state index in [9.17, 15) is 14.0 Å². The van der Waals surface area contributed by atoms with Crippen LogP contribution in [0.25, 0.3) is 0 Å². The molecule has 1 aromatic heterocycles. The third-order valence-corrected chi connectivity index (χ3v) is 1.76. The maximum Gasteiger partial charge on any atom is 0.317 e. The van der Waals surface area contributed by atoms with E-state index in [1.54, 1.807) is 6.92 Å². The van der Waals surface area contributed by atoms with Gasteiger partial charge < -0.3 is 4.74 Å². The van der Waals surface area contributed by atoms with E-state index in [2.05, 4.69) is 21.6 Å². The van der Waals surface area contributed by atoms with Gasteiger partial charge in [-0.2, -0.15) is 4.39 Å². The number of carbonyl (C=O) groups is 2. The lowest BCUT2D eigenvalue weighted by molar-refractivity contribution is -0.141. The first kappa shape index (κ1) is 12.8. The van der Waals surface area contributed by atoms with E-state index in [0.29, 0.717) is 18.5 Å². The standard InChI is InChI=1S/C12H10FNO3/c1-2-17-11(16)5-3-4-9-6-10(8-15)12(13)14-7-9/h6-8H,2,5H2,1H3.